The van der Waals surface area contributed by atoms with Crippen LogP contribution in [-0.4, -0.2) is 25.6 Å². The summed E-state index contributed by atoms with van der Waals surface area (Å²) in [7, 11) is 0. The second kappa shape index (κ2) is 5.16. The quantitative estimate of drug-likeness (QED) is 0.545. The fourth-order valence-electron chi connectivity index (χ4n) is 2.35. The molecule has 4 rings (SSSR count). The summed E-state index contributed by atoms with van der Waals surface area (Å²) < 4.78 is 1.93. The minimum atomic E-state index is 0.627. The van der Waals surface area contributed by atoms with Crippen molar-refractivity contribution in [3.63, 3.8) is 0 Å². The monoisotopic (exact) mass is 306 g/mol. The molecule has 0 saturated carbocycles. The SMILES string of the molecule is O=Cc1ccc(-c2nc3ncccn3c2-c2nccs2)cc1. The highest BCUT2D eigenvalue weighted by molar-refractivity contribution is 7.13. The van der Waals surface area contributed by atoms with Crippen molar-refractivity contribution >= 4 is 23.4 Å². The van der Waals surface area contributed by atoms with E-state index in [4.69, 9.17) is 0 Å². The Morgan fingerprint density at radius 3 is 2.68 bits per heavy atom. The Bertz CT molecular complexity index is 942. The van der Waals surface area contributed by atoms with E-state index in [1.54, 1.807) is 35.9 Å². The van der Waals surface area contributed by atoms with Crippen LogP contribution in [0.2, 0.25) is 0 Å². The molecule has 0 N–H and O–H groups in total. The van der Waals surface area contributed by atoms with Gasteiger partial charge in [-0.25, -0.2) is 15.0 Å². The molecular formula is C16H10N4OS. The average molecular weight is 306 g/mol. The van der Waals surface area contributed by atoms with Crippen LogP contribution in [0.5, 0.6) is 0 Å². The molecule has 5 nitrogen and oxygen atoms in total. The largest absolute Gasteiger partial charge is 0.298 e. The number of aldehydes is 1. The molecule has 4 aromatic rings. The molecule has 0 fully saturated rings. The molecule has 0 aliphatic rings. The Kier molecular flexibility index (Phi) is 3.01. The molecule has 0 spiro atoms. The zero-order valence-electron chi connectivity index (χ0n) is 11.4. The second-order valence-electron chi connectivity index (χ2n) is 4.68. The topological polar surface area (TPSA) is 60.2 Å². The summed E-state index contributed by atoms with van der Waals surface area (Å²) in [6.45, 7) is 0. The van der Waals surface area contributed by atoms with Gasteiger partial charge in [0.1, 0.15) is 22.7 Å². The third kappa shape index (κ3) is 2.01. The zero-order chi connectivity index (χ0) is 14.9. The van der Waals surface area contributed by atoms with E-state index in [1.807, 2.05) is 34.2 Å². The summed E-state index contributed by atoms with van der Waals surface area (Å²) in [5.74, 6) is 0.627. The van der Waals surface area contributed by atoms with Crippen LogP contribution in [0.15, 0.2) is 54.3 Å². The van der Waals surface area contributed by atoms with Crippen LogP contribution in [0, 0.1) is 0 Å². The van der Waals surface area contributed by atoms with Gasteiger partial charge in [-0.05, 0) is 6.07 Å². The van der Waals surface area contributed by atoms with Crippen molar-refractivity contribution in [3.8, 4) is 22.0 Å². The molecule has 0 bridgehead atoms. The number of hydrogen-bond acceptors (Lipinski definition) is 5. The molecule has 0 amide bonds. The Morgan fingerprint density at radius 2 is 1.95 bits per heavy atom. The molecule has 3 heterocycles. The van der Waals surface area contributed by atoms with Crippen molar-refractivity contribution in [2.75, 3.05) is 0 Å². The van der Waals surface area contributed by atoms with E-state index < -0.39 is 0 Å². The molecule has 0 unspecified atom stereocenters. The Balaban J connectivity index is 2.00. The lowest BCUT2D eigenvalue weighted by molar-refractivity contribution is 0.112. The molecule has 0 atom stereocenters. The number of fused-ring (bicyclic) bond motifs is 1. The molecule has 22 heavy (non-hydrogen) atoms. The number of benzene rings is 1. The summed E-state index contributed by atoms with van der Waals surface area (Å²) in [6.07, 6.45) is 6.24. The van der Waals surface area contributed by atoms with E-state index >= 15 is 0 Å². The summed E-state index contributed by atoms with van der Waals surface area (Å²) in [5, 5.41) is 2.82. The van der Waals surface area contributed by atoms with Gasteiger partial charge in [0.15, 0.2) is 0 Å². The smallest absolute Gasteiger partial charge is 0.234 e. The number of carbonyl (C=O) groups is 1. The summed E-state index contributed by atoms with van der Waals surface area (Å²) in [4.78, 5) is 24.1. The number of hydrogen-bond donors (Lipinski definition) is 0. The normalized spacial score (nSPS) is 10.9. The van der Waals surface area contributed by atoms with Crippen molar-refractivity contribution in [1.29, 1.82) is 0 Å². The standard InChI is InChI=1S/C16H10N4OS/c21-10-11-2-4-12(5-3-11)13-14(15-17-7-9-22-15)20-8-1-6-18-16(20)19-13/h1-10H. The first-order chi connectivity index (χ1) is 10.9. The van der Waals surface area contributed by atoms with Gasteiger partial charge < -0.3 is 0 Å². The average Bonchev–Trinajstić information content (AvgIpc) is 3.21. The van der Waals surface area contributed by atoms with Crippen LogP contribution in [-0.2, 0) is 0 Å². The van der Waals surface area contributed by atoms with Gasteiger partial charge in [-0.2, -0.15) is 0 Å². The maximum absolute atomic E-state index is 10.8. The fraction of sp³-hybridized carbons (Fsp3) is 0. The molecular weight excluding hydrogens is 296 g/mol. The first-order valence-electron chi connectivity index (χ1n) is 6.65. The van der Waals surface area contributed by atoms with Gasteiger partial charge >= 0.3 is 0 Å². The molecule has 0 saturated heterocycles. The highest BCUT2D eigenvalue weighted by Crippen LogP contribution is 2.33. The zero-order valence-corrected chi connectivity index (χ0v) is 12.2. The van der Waals surface area contributed by atoms with Crippen molar-refractivity contribution in [1.82, 2.24) is 19.4 Å². The predicted molar refractivity (Wildman–Crippen MR) is 84.9 cm³/mol. The van der Waals surface area contributed by atoms with Crippen molar-refractivity contribution < 1.29 is 4.79 Å². The maximum atomic E-state index is 10.8. The van der Waals surface area contributed by atoms with Gasteiger partial charge in [-0.1, -0.05) is 24.3 Å². The third-order valence-electron chi connectivity index (χ3n) is 3.36. The minimum Gasteiger partial charge on any atom is -0.298 e. The lowest BCUT2D eigenvalue weighted by atomic mass is 10.1. The van der Waals surface area contributed by atoms with E-state index in [9.17, 15) is 4.79 Å². The number of carbonyl (C=O) groups excluding carboxylic acids is 1. The van der Waals surface area contributed by atoms with Crippen molar-refractivity contribution in [2.45, 2.75) is 0 Å². The summed E-state index contributed by atoms with van der Waals surface area (Å²) >= 11 is 1.56. The Labute approximate surface area is 129 Å². The van der Waals surface area contributed by atoms with Crippen LogP contribution < -0.4 is 0 Å². The van der Waals surface area contributed by atoms with E-state index in [2.05, 4.69) is 15.0 Å². The lowest BCUT2D eigenvalue weighted by Gasteiger charge is -2.02. The van der Waals surface area contributed by atoms with E-state index in [0.717, 1.165) is 28.2 Å². The van der Waals surface area contributed by atoms with Crippen LogP contribution in [0.3, 0.4) is 0 Å². The Morgan fingerprint density at radius 1 is 1.09 bits per heavy atom. The Hall–Kier alpha value is -2.86. The molecule has 106 valence electrons. The molecule has 0 aliphatic carbocycles. The van der Waals surface area contributed by atoms with Crippen LogP contribution >= 0.6 is 11.3 Å². The molecule has 1 aromatic carbocycles. The van der Waals surface area contributed by atoms with Gasteiger partial charge in [-0.15, -0.1) is 11.3 Å². The first kappa shape index (κ1) is 12.8. The van der Waals surface area contributed by atoms with E-state index in [1.165, 1.54) is 0 Å². The minimum absolute atomic E-state index is 0.627. The van der Waals surface area contributed by atoms with Gasteiger partial charge in [-0.3, -0.25) is 9.20 Å². The van der Waals surface area contributed by atoms with E-state index in [-0.39, 0.29) is 0 Å². The maximum Gasteiger partial charge on any atom is 0.234 e. The summed E-state index contributed by atoms with van der Waals surface area (Å²) in [5.41, 5.74) is 3.30. The van der Waals surface area contributed by atoms with Crippen LogP contribution in [0.4, 0.5) is 0 Å². The van der Waals surface area contributed by atoms with Crippen LogP contribution in [0.1, 0.15) is 10.4 Å². The highest BCUT2D eigenvalue weighted by Gasteiger charge is 2.18. The number of rotatable bonds is 3. The number of imidazole rings is 1. The summed E-state index contributed by atoms with van der Waals surface area (Å²) in [6, 6.07) is 9.22. The first-order valence-corrected chi connectivity index (χ1v) is 7.53. The highest BCUT2D eigenvalue weighted by atomic mass is 32.1. The van der Waals surface area contributed by atoms with Gasteiger partial charge in [0.05, 0.1) is 0 Å². The van der Waals surface area contributed by atoms with Gasteiger partial charge in [0.25, 0.3) is 0 Å². The van der Waals surface area contributed by atoms with Crippen molar-refractivity contribution in [2.24, 2.45) is 0 Å². The van der Waals surface area contributed by atoms with Gasteiger partial charge in [0.2, 0.25) is 5.78 Å². The fourth-order valence-corrected chi connectivity index (χ4v) is 3.03. The van der Waals surface area contributed by atoms with Crippen LogP contribution in [0.25, 0.3) is 27.7 Å². The predicted octanol–water partition coefficient (Wildman–Crippen LogP) is 3.33. The number of nitrogens with zero attached hydrogens (tertiary/aromatic N) is 4. The number of aromatic nitrogens is 4. The molecule has 0 radical (unpaired) electrons. The molecule has 6 heteroatoms. The van der Waals surface area contributed by atoms with Crippen molar-refractivity contribution in [3.05, 3.63) is 59.9 Å². The molecule has 0 aliphatic heterocycles. The third-order valence-corrected chi connectivity index (χ3v) is 4.14. The van der Waals surface area contributed by atoms with Gasteiger partial charge in [0, 0.05) is 35.1 Å². The second-order valence-corrected chi connectivity index (χ2v) is 5.57. The number of thiazole rings is 1. The molecule has 3 aromatic heterocycles. The van der Waals surface area contributed by atoms with E-state index in [0.29, 0.717) is 11.3 Å². The lowest BCUT2D eigenvalue weighted by Crippen LogP contribution is -1.90.